The summed E-state index contributed by atoms with van der Waals surface area (Å²) < 4.78 is 106. The lowest BCUT2D eigenvalue weighted by Gasteiger charge is -2.22. The minimum atomic E-state index is -5.01. The van der Waals surface area contributed by atoms with Gasteiger partial charge >= 0.3 is 6.18 Å². The number of carbonyl (C=O) groups is 1. The Bertz CT molecular complexity index is 1290. The molecular formula is C24H22Cl3F6NO3S. The van der Waals surface area contributed by atoms with Crippen LogP contribution >= 0.6 is 34.8 Å². The Morgan fingerprint density at radius 3 is 2.13 bits per heavy atom. The van der Waals surface area contributed by atoms with E-state index in [0.717, 1.165) is 24.3 Å². The van der Waals surface area contributed by atoms with E-state index in [1.54, 1.807) is 0 Å². The number of allylic oxidation sites excluding steroid dienone is 1. The number of rotatable bonds is 10. The Balaban J connectivity index is 2.41. The highest BCUT2D eigenvalue weighted by Crippen LogP contribution is 2.40. The van der Waals surface area contributed by atoms with Gasteiger partial charge in [-0.05, 0) is 42.3 Å². The summed E-state index contributed by atoms with van der Waals surface area (Å²) in [6.07, 6.45) is -3.00. The minimum Gasteiger partial charge on any atom is -0.349 e. The molecule has 2 rings (SSSR count). The Morgan fingerprint density at radius 2 is 1.63 bits per heavy atom. The number of halogens is 9. The monoisotopic (exact) mass is 623 g/mol. The molecule has 210 valence electrons. The molecular weight excluding hydrogens is 603 g/mol. The highest BCUT2D eigenvalue weighted by Gasteiger charge is 2.37. The number of sulfone groups is 1. The van der Waals surface area contributed by atoms with Crippen molar-refractivity contribution in [3.05, 3.63) is 73.7 Å². The van der Waals surface area contributed by atoms with Gasteiger partial charge < -0.3 is 5.32 Å². The molecule has 1 unspecified atom stereocenters. The summed E-state index contributed by atoms with van der Waals surface area (Å²) in [5.74, 6) is -7.68. The molecule has 2 aromatic carbocycles. The second-order valence-electron chi connectivity index (χ2n) is 8.57. The molecule has 0 saturated heterocycles. The van der Waals surface area contributed by atoms with Gasteiger partial charge in [0.1, 0.15) is 6.67 Å². The van der Waals surface area contributed by atoms with E-state index in [9.17, 15) is 39.6 Å². The summed E-state index contributed by atoms with van der Waals surface area (Å²) in [5, 5.41) is 1.94. The first-order chi connectivity index (χ1) is 17.4. The van der Waals surface area contributed by atoms with Crippen molar-refractivity contribution >= 4 is 56.6 Å². The molecule has 0 heterocycles. The number of nitrogens with one attached hydrogen (secondary N) is 1. The van der Waals surface area contributed by atoms with Crippen molar-refractivity contribution < 1.29 is 39.6 Å². The molecule has 0 aliphatic rings. The lowest BCUT2D eigenvalue weighted by Crippen LogP contribution is -2.39. The third-order valence-electron chi connectivity index (χ3n) is 5.26. The van der Waals surface area contributed by atoms with Gasteiger partial charge in [0.15, 0.2) is 9.84 Å². The molecule has 1 amide bonds. The first-order valence-electron chi connectivity index (χ1n) is 10.8. The van der Waals surface area contributed by atoms with Crippen LogP contribution in [0.3, 0.4) is 0 Å². The van der Waals surface area contributed by atoms with Crippen LogP contribution in [0.15, 0.2) is 36.4 Å². The van der Waals surface area contributed by atoms with Crippen molar-refractivity contribution in [3.8, 4) is 0 Å². The van der Waals surface area contributed by atoms with Gasteiger partial charge in [-0.25, -0.2) is 21.6 Å². The smallest absolute Gasteiger partial charge is 0.349 e. The van der Waals surface area contributed by atoms with E-state index in [2.05, 4.69) is 5.32 Å². The third kappa shape index (κ3) is 8.79. The van der Waals surface area contributed by atoms with Gasteiger partial charge in [0.05, 0.1) is 43.6 Å². The number of amides is 1. The molecule has 0 aliphatic heterocycles. The van der Waals surface area contributed by atoms with E-state index in [4.69, 9.17) is 34.8 Å². The Kier molecular flexibility index (Phi) is 10.6. The predicted molar refractivity (Wildman–Crippen MR) is 137 cm³/mol. The average molecular weight is 625 g/mol. The molecule has 0 fully saturated rings. The molecule has 0 spiro atoms. The molecule has 0 aromatic heterocycles. The molecule has 0 aliphatic carbocycles. The second kappa shape index (κ2) is 12.5. The van der Waals surface area contributed by atoms with Crippen LogP contribution in [-0.2, 0) is 16.0 Å². The topological polar surface area (TPSA) is 63.2 Å². The van der Waals surface area contributed by atoms with Crippen molar-refractivity contribution in [1.82, 2.24) is 5.32 Å². The van der Waals surface area contributed by atoms with E-state index in [0.29, 0.717) is 13.0 Å². The number of alkyl halides is 6. The van der Waals surface area contributed by atoms with Gasteiger partial charge in [0, 0.05) is 13.0 Å². The first kappa shape index (κ1) is 32.3. The predicted octanol–water partition coefficient (Wildman–Crippen LogP) is 7.62. The van der Waals surface area contributed by atoms with Crippen LogP contribution in [0, 0.1) is 0 Å². The average Bonchev–Trinajstić information content (AvgIpc) is 2.75. The zero-order valence-electron chi connectivity index (χ0n) is 19.9. The zero-order chi connectivity index (χ0) is 29.1. The molecule has 14 heteroatoms. The van der Waals surface area contributed by atoms with Crippen LogP contribution in [0.2, 0.25) is 15.1 Å². The normalized spacial score (nSPS) is 14.5. The zero-order valence-corrected chi connectivity index (χ0v) is 22.9. The Labute approximate surface area is 230 Å². The summed E-state index contributed by atoms with van der Waals surface area (Å²) in [5.41, 5.74) is -2.35. The van der Waals surface area contributed by atoms with Crippen LogP contribution in [0.5, 0.6) is 0 Å². The molecule has 2 atom stereocenters. The molecule has 4 nitrogen and oxygen atoms in total. The largest absolute Gasteiger partial charge is 0.417 e. The van der Waals surface area contributed by atoms with E-state index in [1.165, 1.54) is 19.1 Å². The quantitative estimate of drug-likeness (QED) is 0.219. The van der Waals surface area contributed by atoms with Crippen molar-refractivity contribution in [2.45, 2.75) is 37.9 Å². The molecule has 38 heavy (non-hydrogen) atoms. The van der Waals surface area contributed by atoms with Crippen LogP contribution < -0.4 is 5.32 Å². The van der Waals surface area contributed by atoms with Crippen LogP contribution in [0.4, 0.5) is 26.3 Å². The number of hydrogen-bond acceptors (Lipinski definition) is 3. The molecule has 0 radical (unpaired) electrons. The third-order valence-corrected chi connectivity index (χ3v) is 8.24. The van der Waals surface area contributed by atoms with E-state index in [1.807, 2.05) is 0 Å². The molecule has 2 aromatic rings. The first-order valence-corrected chi connectivity index (χ1v) is 13.8. The van der Waals surface area contributed by atoms with E-state index in [-0.39, 0.29) is 26.2 Å². The van der Waals surface area contributed by atoms with Gasteiger partial charge in [0.2, 0.25) is 0 Å². The molecule has 1 N–H and O–H groups in total. The van der Waals surface area contributed by atoms with Gasteiger partial charge in [-0.15, -0.1) is 0 Å². The van der Waals surface area contributed by atoms with Gasteiger partial charge in [0.25, 0.3) is 11.8 Å². The highest BCUT2D eigenvalue weighted by molar-refractivity contribution is 7.91. The van der Waals surface area contributed by atoms with Crippen LogP contribution in [0.25, 0.3) is 6.08 Å². The summed E-state index contributed by atoms with van der Waals surface area (Å²) in [4.78, 5) is 12.5. The maximum absolute atomic E-state index is 14.4. The summed E-state index contributed by atoms with van der Waals surface area (Å²) in [6.45, 7) is 0.722. The number of hydrogen-bond donors (Lipinski definition) is 1. The lowest BCUT2D eigenvalue weighted by molar-refractivity contribution is -0.138. The van der Waals surface area contributed by atoms with E-state index >= 15 is 0 Å². The fraction of sp³-hybridized carbons (Fsp3) is 0.375. The maximum atomic E-state index is 14.4. The molecule has 0 saturated carbocycles. The summed E-state index contributed by atoms with van der Waals surface area (Å²) in [6, 6.07) is 3.79. The van der Waals surface area contributed by atoms with Crippen molar-refractivity contribution in [2.75, 3.05) is 18.2 Å². The van der Waals surface area contributed by atoms with Crippen LogP contribution in [0.1, 0.15) is 46.8 Å². The number of benzene rings is 2. The SMILES string of the molecule is C[C@H](CS(=O)(=O)CCF)NC(=O)c1ccc(/C=C/C(c2cc(Cl)c(Cl)c(Cl)c2)C(C)(F)F)cc1C(F)(F)F. The Hall–Kier alpha value is -1.95. The standard InChI is InChI=1S/C24H22Cl3F6NO3S/c1-13(12-38(36,37)8-7-28)34-22(35)16-5-3-14(9-18(16)24(31,32)33)4-6-17(23(2,29)30)15-10-19(25)21(27)20(26)11-15/h3-6,9-11,13,17H,7-8,12H2,1-2H3,(H,34,35)/b6-4+/t13-,17?/m1/s1. The number of carbonyl (C=O) groups excluding carboxylic acids is 1. The second-order valence-corrected chi connectivity index (χ2v) is 12.0. The maximum Gasteiger partial charge on any atom is 0.417 e. The van der Waals surface area contributed by atoms with Crippen molar-refractivity contribution in [2.24, 2.45) is 0 Å². The lowest BCUT2D eigenvalue weighted by atomic mass is 9.92. The molecule has 0 bridgehead atoms. The van der Waals surface area contributed by atoms with Crippen LogP contribution in [-0.4, -0.2) is 44.5 Å². The fourth-order valence-corrected chi connectivity index (χ4v) is 5.42. The van der Waals surface area contributed by atoms with Gasteiger partial charge in [-0.3, -0.25) is 4.79 Å². The van der Waals surface area contributed by atoms with E-state index < -0.39 is 69.1 Å². The van der Waals surface area contributed by atoms with Gasteiger partial charge in [-0.2, -0.15) is 13.2 Å². The highest BCUT2D eigenvalue weighted by atomic mass is 35.5. The van der Waals surface area contributed by atoms with Gasteiger partial charge in [-0.1, -0.05) is 53.0 Å². The minimum absolute atomic E-state index is 0.0307. The Morgan fingerprint density at radius 1 is 1.05 bits per heavy atom. The van der Waals surface area contributed by atoms with Crippen molar-refractivity contribution in [1.29, 1.82) is 0 Å². The van der Waals surface area contributed by atoms with Crippen molar-refractivity contribution in [3.63, 3.8) is 0 Å². The summed E-state index contributed by atoms with van der Waals surface area (Å²) in [7, 11) is -3.87. The summed E-state index contributed by atoms with van der Waals surface area (Å²) >= 11 is 17.7. The fourth-order valence-electron chi connectivity index (χ4n) is 3.56.